The Bertz CT molecular complexity index is 999. The lowest BCUT2D eigenvalue weighted by Crippen LogP contribution is -2.43. The first-order chi connectivity index (χ1) is 12.9. The number of carbonyl (C=O) groups excluding carboxylic acids is 1. The second-order valence-electron chi connectivity index (χ2n) is 6.37. The zero-order chi connectivity index (χ0) is 19.6. The number of benzene rings is 1. The van der Waals surface area contributed by atoms with Crippen LogP contribution in [0.15, 0.2) is 47.1 Å². The molecule has 0 bridgehead atoms. The highest BCUT2D eigenvalue weighted by Crippen LogP contribution is 2.23. The van der Waals surface area contributed by atoms with E-state index in [9.17, 15) is 14.7 Å². The number of carbonyl (C=O) groups is 2. The lowest BCUT2D eigenvalue weighted by Gasteiger charge is -2.15. The van der Waals surface area contributed by atoms with Crippen molar-refractivity contribution in [3.05, 3.63) is 69.6 Å². The molecular formula is C20H20BrN3O3. The molecule has 0 aliphatic heterocycles. The van der Waals surface area contributed by atoms with Gasteiger partial charge in [0, 0.05) is 12.6 Å². The Labute approximate surface area is 165 Å². The Balaban J connectivity index is 1.95. The van der Waals surface area contributed by atoms with Crippen LogP contribution in [-0.4, -0.2) is 32.4 Å². The maximum Gasteiger partial charge on any atom is 0.326 e. The number of aromatic nitrogens is 2. The fraction of sp³-hybridized carbons (Fsp3) is 0.250. The second-order valence-corrected chi connectivity index (χ2v) is 7.23. The third kappa shape index (κ3) is 4.03. The van der Waals surface area contributed by atoms with Crippen LogP contribution in [0.1, 0.15) is 34.2 Å². The number of hydrogen-bond donors (Lipinski definition) is 2. The summed E-state index contributed by atoms with van der Waals surface area (Å²) in [4.78, 5) is 29.2. The van der Waals surface area contributed by atoms with E-state index in [-0.39, 0.29) is 6.42 Å². The molecule has 1 aromatic carbocycles. The molecule has 7 heteroatoms. The van der Waals surface area contributed by atoms with Crippen molar-refractivity contribution in [2.45, 2.75) is 32.7 Å². The molecule has 0 saturated heterocycles. The van der Waals surface area contributed by atoms with E-state index < -0.39 is 17.9 Å². The van der Waals surface area contributed by atoms with Crippen molar-refractivity contribution >= 4 is 33.5 Å². The summed E-state index contributed by atoms with van der Waals surface area (Å²) in [5, 5.41) is 12.2. The number of halogens is 1. The number of carboxylic acids is 1. The number of hydrogen-bond acceptors (Lipinski definition) is 3. The number of nitrogens with zero attached hydrogens (tertiary/aromatic N) is 2. The molecule has 0 spiro atoms. The topological polar surface area (TPSA) is 83.7 Å². The van der Waals surface area contributed by atoms with Crippen molar-refractivity contribution in [1.82, 2.24) is 14.7 Å². The molecule has 0 aliphatic carbocycles. The first kappa shape index (κ1) is 19.1. The molecule has 2 aromatic heterocycles. The quantitative estimate of drug-likeness (QED) is 0.628. The monoisotopic (exact) mass is 429 g/mol. The Hall–Kier alpha value is -2.67. The summed E-state index contributed by atoms with van der Waals surface area (Å²) in [6.07, 6.45) is 2.60. The first-order valence-electron chi connectivity index (χ1n) is 8.65. The fourth-order valence-electron chi connectivity index (χ4n) is 3.04. The highest BCUT2D eigenvalue weighted by molar-refractivity contribution is 9.10. The summed E-state index contributed by atoms with van der Waals surface area (Å²) in [5.41, 5.74) is 3.44. The molecule has 140 valence electrons. The number of fused-ring (bicyclic) bond motifs is 1. The first-order valence-corrected chi connectivity index (χ1v) is 9.44. The minimum Gasteiger partial charge on any atom is -0.480 e. The summed E-state index contributed by atoms with van der Waals surface area (Å²) in [7, 11) is 0. The standard InChI is InChI=1S/C20H20BrN3O3/c1-3-15-17(24-11-12(2)9-14(21)18(24)22-15)19(25)23-16(20(26)27)10-13-7-5-4-6-8-13/h4-9,11,16H,3,10H2,1-2H3,(H,23,25)(H,26,27). The number of imidazole rings is 1. The molecule has 0 fully saturated rings. The predicted molar refractivity (Wildman–Crippen MR) is 106 cm³/mol. The van der Waals surface area contributed by atoms with Crippen LogP contribution in [0.2, 0.25) is 0 Å². The molecule has 6 nitrogen and oxygen atoms in total. The molecule has 0 aliphatic rings. The average molecular weight is 430 g/mol. The summed E-state index contributed by atoms with van der Waals surface area (Å²) < 4.78 is 2.50. The van der Waals surface area contributed by atoms with E-state index >= 15 is 0 Å². The number of pyridine rings is 1. The van der Waals surface area contributed by atoms with Gasteiger partial charge in [-0.3, -0.25) is 9.20 Å². The van der Waals surface area contributed by atoms with Crippen LogP contribution in [0.4, 0.5) is 0 Å². The predicted octanol–water partition coefficient (Wildman–Crippen LogP) is 3.39. The maximum absolute atomic E-state index is 13.0. The minimum absolute atomic E-state index is 0.211. The highest BCUT2D eigenvalue weighted by Gasteiger charge is 2.25. The SMILES string of the molecule is CCc1nc2c(Br)cc(C)cn2c1C(=O)NC(Cc1ccccc1)C(=O)O. The van der Waals surface area contributed by atoms with Gasteiger partial charge < -0.3 is 10.4 Å². The van der Waals surface area contributed by atoms with E-state index in [4.69, 9.17) is 0 Å². The van der Waals surface area contributed by atoms with Gasteiger partial charge in [0.05, 0.1) is 10.2 Å². The van der Waals surface area contributed by atoms with Gasteiger partial charge in [-0.15, -0.1) is 0 Å². The summed E-state index contributed by atoms with van der Waals surface area (Å²) in [5.74, 6) is -1.52. The molecule has 2 N–H and O–H groups in total. The van der Waals surface area contributed by atoms with Gasteiger partial charge in [-0.2, -0.15) is 0 Å². The maximum atomic E-state index is 13.0. The van der Waals surface area contributed by atoms with E-state index in [0.29, 0.717) is 23.5 Å². The van der Waals surface area contributed by atoms with Gasteiger partial charge in [0.2, 0.25) is 0 Å². The van der Waals surface area contributed by atoms with Crippen LogP contribution in [-0.2, 0) is 17.6 Å². The van der Waals surface area contributed by atoms with Gasteiger partial charge in [-0.25, -0.2) is 9.78 Å². The molecule has 3 rings (SSSR count). The lowest BCUT2D eigenvalue weighted by molar-refractivity contribution is -0.139. The summed E-state index contributed by atoms with van der Waals surface area (Å²) in [6.45, 7) is 3.84. The van der Waals surface area contributed by atoms with Crippen LogP contribution in [0.3, 0.4) is 0 Å². The third-order valence-corrected chi connectivity index (χ3v) is 4.90. The van der Waals surface area contributed by atoms with E-state index in [2.05, 4.69) is 26.2 Å². The molecule has 27 heavy (non-hydrogen) atoms. The zero-order valence-corrected chi connectivity index (χ0v) is 16.7. The molecule has 1 unspecified atom stereocenters. The van der Waals surface area contributed by atoms with Gasteiger partial charge in [0.15, 0.2) is 5.65 Å². The lowest BCUT2D eigenvalue weighted by atomic mass is 10.1. The van der Waals surface area contributed by atoms with E-state index in [1.54, 1.807) is 4.40 Å². The Morgan fingerprint density at radius 1 is 1.30 bits per heavy atom. The number of nitrogens with one attached hydrogen (secondary N) is 1. The van der Waals surface area contributed by atoms with Crippen LogP contribution in [0.25, 0.3) is 5.65 Å². The van der Waals surface area contributed by atoms with Crippen molar-refractivity contribution in [3.63, 3.8) is 0 Å². The largest absolute Gasteiger partial charge is 0.480 e. The molecule has 2 heterocycles. The van der Waals surface area contributed by atoms with Gasteiger partial charge in [-0.05, 0) is 46.5 Å². The van der Waals surface area contributed by atoms with Crippen LogP contribution >= 0.6 is 15.9 Å². The highest BCUT2D eigenvalue weighted by atomic mass is 79.9. The Kier molecular flexibility index (Phi) is 5.60. The number of amides is 1. The fourth-order valence-corrected chi connectivity index (χ4v) is 3.68. The van der Waals surface area contributed by atoms with Crippen molar-refractivity contribution in [1.29, 1.82) is 0 Å². The van der Waals surface area contributed by atoms with Crippen molar-refractivity contribution in [3.8, 4) is 0 Å². The Morgan fingerprint density at radius 2 is 2.00 bits per heavy atom. The summed E-state index contributed by atoms with van der Waals surface area (Å²) in [6, 6.07) is 10.1. The molecule has 3 aromatic rings. The van der Waals surface area contributed by atoms with Crippen LogP contribution in [0, 0.1) is 6.92 Å². The Morgan fingerprint density at radius 3 is 2.63 bits per heavy atom. The van der Waals surface area contributed by atoms with Gasteiger partial charge in [0.25, 0.3) is 5.91 Å². The molecule has 0 saturated carbocycles. The normalized spacial score (nSPS) is 12.1. The van der Waals surface area contributed by atoms with Crippen molar-refractivity contribution < 1.29 is 14.7 Å². The van der Waals surface area contributed by atoms with Crippen LogP contribution < -0.4 is 5.32 Å². The van der Waals surface area contributed by atoms with E-state index in [1.165, 1.54) is 0 Å². The van der Waals surface area contributed by atoms with Crippen molar-refractivity contribution in [2.24, 2.45) is 0 Å². The molecule has 1 atom stereocenters. The smallest absolute Gasteiger partial charge is 0.326 e. The minimum atomic E-state index is -1.07. The average Bonchev–Trinajstić information content (AvgIpc) is 3.00. The zero-order valence-electron chi connectivity index (χ0n) is 15.1. The third-order valence-electron chi connectivity index (χ3n) is 4.32. The van der Waals surface area contributed by atoms with Crippen molar-refractivity contribution in [2.75, 3.05) is 0 Å². The van der Waals surface area contributed by atoms with Crippen LogP contribution in [0.5, 0.6) is 0 Å². The van der Waals surface area contributed by atoms with Gasteiger partial charge in [-0.1, -0.05) is 37.3 Å². The van der Waals surface area contributed by atoms with E-state index in [1.807, 2.05) is 56.4 Å². The van der Waals surface area contributed by atoms with Gasteiger partial charge in [0.1, 0.15) is 11.7 Å². The number of carboxylic acid groups (broad SMARTS) is 1. The molecular weight excluding hydrogens is 410 g/mol. The number of aryl methyl sites for hydroxylation is 2. The number of aliphatic carboxylic acids is 1. The number of rotatable bonds is 6. The molecule has 1 amide bonds. The van der Waals surface area contributed by atoms with Gasteiger partial charge >= 0.3 is 5.97 Å². The molecule has 0 radical (unpaired) electrons. The van der Waals surface area contributed by atoms with E-state index in [0.717, 1.165) is 15.6 Å². The second kappa shape index (κ2) is 7.92. The summed E-state index contributed by atoms with van der Waals surface area (Å²) >= 11 is 3.48.